The predicted molar refractivity (Wildman–Crippen MR) is 82.2 cm³/mol. The van der Waals surface area contributed by atoms with Gasteiger partial charge in [0.25, 0.3) is 0 Å². The summed E-state index contributed by atoms with van der Waals surface area (Å²) in [7, 11) is 2.36. The van der Waals surface area contributed by atoms with Gasteiger partial charge in [0, 0.05) is 0 Å². The first-order valence-corrected chi connectivity index (χ1v) is 8.12. The highest BCUT2D eigenvalue weighted by Crippen LogP contribution is 2.38. The van der Waals surface area contributed by atoms with Gasteiger partial charge in [0.1, 0.15) is 26.4 Å². The molecule has 116 valence electrons. The average molecular weight is 292 g/mol. The maximum atomic E-state index is 5.99. The van der Waals surface area contributed by atoms with Crippen molar-refractivity contribution in [2.24, 2.45) is 0 Å². The first-order valence-electron chi connectivity index (χ1n) is 8.12. The van der Waals surface area contributed by atoms with E-state index in [1.807, 2.05) is 18.2 Å². The van der Waals surface area contributed by atoms with E-state index in [4.69, 9.17) is 14.2 Å². The number of benzene rings is 1. The molecular weight excluding hydrogens is 266 g/mol. The van der Waals surface area contributed by atoms with Crippen LogP contribution in [-0.2, 0) is 0 Å². The summed E-state index contributed by atoms with van der Waals surface area (Å²) in [6, 6.07) is 5.87. The van der Waals surface area contributed by atoms with Crippen LogP contribution in [0.5, 0.6) is 17.2 Å². The summed E-state index contributed by atoms with van der Waals surface area (Å²) in [6.45, 7) is 5.55. The lowest BCUT2D eigenvalue weighted by Crippen LogP contribution is -2.47. The minimum atomic E-state index is 0.598. The molecule has 0 amide bonds. The number of likely N-dealkylation sites (N-methyl/N-ethyl adjacent to an activating group) is 1. The van der Waals surface area contributed by atoms with Crippen molar-refractivity contribution in [2.75, 3.05) is 46.5 Å². The highest BCUT2D eigenvalue weighted by molar-refractivity contribution is 5.51. The Morgan fingerprint density at radius 2 is 1.81 bits per heavy atom. The Bertz CT molecular complexity index is 467. The van der Waals surface area contributed by atoms with E-state index in [0.717, 1.165) is 34.9 Å². The van der Waals surface area contributed by atoms with Crippen LogP contribution in [0.1, 0.15) is 25.7 Å². The fourth-order valence-corrected chi connectivity index (χ4v) is 3.21. The number of nitrogens with zero attached hydrogens (tertiary/aromatic N) is 1. The zero-order valence-corrected chi connectivity index (χ0v) is 13.0. The molecule has 21 heavy (non-hydrogen) atoms. The molecule has 0 aromatic heterocycles. The molecule has 4 nitrogen and oxygen atoms in total. The third-order valence-corrected chi connectivity index (χ3v) is 4.56. The number of likely N-dealkylation sites (tertiary alicyclic amines) is 1. The lowest BCUT2D eigenvalue weighted by Gasteiger charge is -2.33. The Labute approximate surface area is 127 Å². The van der Waals surface area contributed by atoms with E-state index in [0.29, 0.717) is 13.2 Å². The molecule has 0 saturated carbocycles. The number of quaternary nitrogens is 1. The third-order valence-electron chi connectivity index (χ3n) is 4.56. The van der Waals surface area contributed by atoms with Gasteiger partial charge in [0.05, 0.1) is 20.1 Å². The van der Waals surface area contributed by atoms with Crippen molar-refractivity contribution in [3.63, 3.8) is 0 Å². The van der Waals surface area contributed by atoms with Crippen LogP contribution in [0.3, 0.4) is 0 Å². The number of para-hydroxylation sites is 1. The molecule has 3 rings (SSSR count). The van der Waals surface area contributed by atoms with E-state index in [2.05, 4.69) is 7.05 Å². The molecular formula is C17H26NO3+. The minimum absolute atomic E-state index is 0.598. The first kappa shape index (κ1) is 14.5. The predicted octanol–water partition coefficient (Wildman–Crippen LogP) is 2.86. The molecule has 1 fully saturated rings. The molecule has 0 aliphatic carbocycles. The molecule has 0 unspecified atom stereocenters. The number of ether oxygens (including phenoxy) is 3. The molecule has 0 N–H and O–H groups in total. The summed E-state index contributed by atoms with van der Waals surface area (Å²) in [5.41, 5.74) is 0. The fourth-order valence-electron chi connectivity index (χ4n) is 3.21. The first-order chi connectivity index (χ1) is 10.3. The summed E-state index contributed by atoms with van der Waals surface area (Å²) in [4.78, 5) is 0. The zero-order valence-electron chi connectivity index (χ0n) is 13.0. The van der Waals surface area contributed by atoms with Crippen LogP contribution in [0.2, 0.25) is 0 Å². The largest absolute Gasteiger partial charge is 0.486 e. The molecule has 4 heteroatoms. The molecule has 2 aliphatic rings. The molecule has 0 bridgehead atoms. The lowest BCUT2D eigenvalue weighted by molar-refractivity contribution is -0.908. The van der Waals surface area contributed by atoms with E-state index in [1.54, 1.807) is 0 Å². The Balaban J connectivity index is 1.58. The highest BCUT2D eigenvalue weighted by Gasteiger charge is 2.24. The Hall–Kier alpha value is -1.42. The molecule has 1 aromatic rings. The van der Waals surface area contributed by atoms with Gasteiger partial charge in [-0.2, -0.15) is 0 Å². The van der Waals surface area contributed by atoms with Crippen LogP contribution in [-0.4, -0.2) is 51.0 Å². The summed E-state index contributed by atoms with van der Waals surface area (Å²) in [5.74, 6) is 2.38. The van der Waals surface area contributed by atoms with E-state index in [1.165, 1.54) is 38.8 Å². The van der Waals surface area contributed by atoms with Gasteiger partial charge in [0.15, 0.2) is 11.5 Å². The van der Waals surface area contributed by atoms with Crippen molar-refractivity contribution >= 4 is 0 Å². The summed E-state index contributed by atoms with van der Waals surface area (Å²) in [5, 5.41) is 0. The molecule has 1 saturated heterocycles. The van der Waals surface area contributed by atoms with Gasteiger partial charge in [-0.15, -0.1) is 0 Å². The molecule has 0 spiro atoms. The van der Waals surface area contributed by atoms with E-state index >= 15 is 0 Å². The van der Waals surface area contributed by atoms with Gasteiger partial charge in [-0.05, 0) is 37.8 Å². The van der Waals surface area contributed by atoms with Crippen molar-refractivity contribution in [3.8, 4) is 17.2 Å². The van der Waals surface area contributed by atoms with Crippen molar-refractivity contribution in [1.82, 2.24) is 0 Å². The normalized spacial score (nSPS) is 20.6. The van der Waals surface area contributed by atoms with E-state index in [-0.39, 0.29) is 0 Å². The molecule has 1 aromatic carbocycles. The number of rotatable bonds is 4. The topological polar surface area (TPSA) is 27.7 Å². The Kier molecular flexibility index (Phi) is 4.54. The van der Waals surface area contributed by atoms with Crippen molar-refractivity contribution in [2.45, 2.75) is 25.7 Å². The fraction of sp³-hybridized carbons (Fsp3) is 0.647. The van der Waals surface area contributed by atoms with Crippen LogP contribution in [0.25, 0.3) is 0 Å². The average Bonchev–Trinajstić information content (AvgIpc) is 2.73. The van der Waals surface area contributed by atoms with Gasteiger partial charge in [-0.25, -0.2) is 0 Å². The molecule has 2 aliphatic heterocycles. The third kappa shape index (κ3) is 3.62. The Morgan fingerprint density at radius 1 is 1.05 bits per heavy atom. The maximum absolute atomic E-state index is 5.99. The van der Waals surface area contributed by atoms with Crippen LogP contribution < -0.4 is 14.2 Å². The van der Waals surface area contributed by atoms with Crippen molar-refractivity contribution < 1.29 is 18.7 Å². The second kappa shape index (κ2) is 6.56. The number of hydrogen-bond acceptors (Lipinski definition) is 3. The summed E-state index contributed by atoms with van der Waals surface area (Å²) in [6.07, 6.45) is 5.44. The van der Waals surface area contributed by atoms with Crippen LogP contribution >= 0.6 is 0 Å². The summed E-state index contributed by atoms with van der Waals surface area (Å²) >= 11 is 0. The van der Waals surface area contributed by atoms with Gasteiger partial charge >= 0.3 is 0 Å². The molecule has 2 heterocycles. The quantitative estimate of drug-likeness (QED) is 0.799. The van der Waals surface area contributed by atoms with Crippen LogP contribution in [0.4, 0.5) is 0 Å². The number of hydrogen-bond donors (Lipinski definition) is 0. The smallest absolute Gasteiger partial charge is 0.203 e. The summed E-state index contributed by atoms with van der Waals surface area (Å²) < 4.78 is 18.4. The van der Waals surface area contributed by atoms with Crippen LogP contribution in [0, 0.1) is 0 Å². The molecule has 0 radical (unpaired) electrons. The second-order valence-electron chi connectivity index (χ2n) is 6.33. The van der Waals surface area contributed by atoms with Gasteiger partial charge in [0.2, 0.25) is 5.75 Å². The lowest BCUT2D eigenvalue weighted by atomic mass is 10.2. The second-order valence-corrected chi connectivity index (χ2v) is 6.33. The van der Waals surface area contributed by atoms with Crippen molar-refractivity contribution in [1.29, 1.82) is 0 Å². The van der Waals surface area contributed by atoms with Gasteiger partial charge in [-0.1, -0.05) is 6.07 Å². The maximum Gasteiger partial charge on any atom is 0.203 e. The zero-order chi connectivity index (χ0) is 14.5. The monoisotopic (exact) mass is 292 g/mol. The number of fused-ring (bicyclic) bond motifs is 1. The SMILES string of the molecule is C[N+]1(CCOc2cccc3c2OCCO3)CCCCCC1. The standard InChI is InChI=1S/C17H26NO3/c1-18(9-4-2-3-5-10-18)11-12-19-15-7-6-8-16-17(15)21-14-13-20-16/h6-8H,2-5,9-14H2,1H3/q+1. The van der Waals surface area contributed by atoms with Crippen LogP contribution in [0.15, 0.2) is 18.2 Å². The highest BCUT2D eigenvalue weighted by atomic mass is 16.6. The van der Waals surface area contributed by atoms with Gasteiger partial charge < -0.3 is 18.7 Å². The Morgan fingerprint density at radius 3 is 2.62 bits per heavy atom. The van der Waals surface area contributed by atoms with Crippen molar-refractivity contribution in [3.05, 3.63) is 18.2 Å². The minimum Gasteiger partial charge on any atom is -0.486 e. The van der Waals surface area contributed by atoms with E-state index < -0.39 is 0 Å². The van der Waals surface area contributed by atoms with E-state index in [9.17, 15) is 0 Å². The van der Waals surface area contributed by atoms with Gasteiger partial charge in [-0.3, -0.25) is 0 Å². The molecule has 0 atom stereocenters.